The van der Waals surface area contributed by atoms with Crippen molar-refractivity contribution in [2.75, 3.05) is 5.32 Å². The quantitative estimate of drug-likeness (QED) is 0.697. The molecule has 0 aliphatic rings. The van der Waals surface area contributed by atoms with E-state index in [4.69, 9.17) is 4.42 Å². The molecule has 0 radical (unpaired) electrons. The third-order valence-corrected chi connectivity index (χ3v) is 1.19. The molecule has 0 bridgehead atoms. The maximum atomic E-state index is 11.0. The second-order valence-electron chi connectivity index (χ2n) is 2.48. The van der Waals surface area contributed by atoms with Crippen molar-refractivity contribution in [3.05, 3.63) is 12.5 Å². The Morgan fingerprint density at radius 3 is 2.91 bits per heavy atom. The van der Waals surface area contributed by atoms with Crippen molar-refractivity contribution >= 4 is 11.9 Å². The Balaban J connectivity index is 2.50. The number of nitrogens with zero attached hydrogens (tertiary/aromatic N) is 1. The van der Waals surface area contributed by atoms with Gasteiger partial charge >= 0.3 is 6.01 Å². The maximum absolute atomic E-state index is 11.0. The van der Waals surface area contributed by atoms with E-state index >= 15 is 0 Å². The van der Waals surface area contributed by atoms with E-state index in [1.807, 2.05) is 0 Å². The molecule has 1 rings (SSSR count). The zero-order chi connectivity index (χ0) is 8.27. The van der Waals surface area contributed by atoms with Crippen LogP contribution in [0.1, 0.15) is 13.8 Å². The molecule has 11 heavy (non-hydrogen) atoms. The minimum Gasteiger partial charge on any atom is -0.432 e. The number of oxazole rings is 1. The Morgan fingerprint density at radius 2 is 2.45 bits per heavy atom. The van der Waals surface area contributed by atoms with E-state index < -0.39 is 0 Å². The van der Waals surface area contributed by atoms with Crippen LogP contribution in [0.25, 0.3) is 0 Å². The van der Waals surface area contributed by atoms with E-state index in [2.05, 4.69) is 10.3 Å². The van der Waals surface area contributed by atoms with E-state index in [0.717, 1.165) is 0 Å². The van der Waals surface area contributed by atoms with Gasteiger partial charge < -0.3 is 4.42 Å². The van der Waals surface area contributed by atoms with Gasteiger partial charge in [-0.25, -0.2) is 4.98 Å². The summed E-state index contributed by atoms with van der Waals surface area (Å²) in [5, 5.41) is 2.50. The van der Waals surface area contributed by atoms with Crippen LogP contribution in [0.3, 0.4) is 0 Å². The highest BCUT2D eigenvalue weighted by molar-refractivity contribution is 5.89. The van der Waals surface area contributed by atoms with Gasteiger partial charge in [-0.1, -0.05) is 13.8 Å². The van der Waals surface area contributed by atoms with Gasteiger partial charge in [-0.05, 0) is 0 Å². The Bertz CT molecular complexity index is 229. The average Bonchev–Trinajstić information content (AvgIpc) is 2.39. The molecule has 1 amide bonds. The lowest BCUT2D eigenvalue weighted by molar-refractivity contribution is -0.119. The normalized spacial score (nSPS) is 10.1. The van der Waals surface area contributed by atoms with Crippen molar-refractivity contribution in [2.24, 2.45) is 5.92 Å². The van der Waals surface area contributed by atoms with Crippen molar-refractivity contribution in [1.82, 2.24) is 4.98 Å². The highest BCUT2D eigenvalue weighted by Gasteiger charge is 2.08. The average molecular weight is 154 g/mol. The van der Waals surface area contributed by atoms with E-state index in [1.54, 1.807) is 13.8 Å². The molecule has 60 valence electrons. The second-order valence-corrected chi connectivity index (χ2v) is 2.48. The van der Waals surface area contributed by atoms with Crippen LogP contribution >= 0.6 is 0 Å². The lowest BCUT2D eigenvalue weighted by Crippen LogP contribution is -2.17. The molecule has 0 atom stereocenters. The fourth-order valence-electron chi connectivity index (χ4n) is 0.535. The Kier molecular flexibility index (Phi) is 2.25. The molecular weight excluding hydrogens is 144 g/mol. The summed E-state index contributed by atoms with van der Waals surface area (Å²) < 4.78 is 4.81. The molecule has 0 saturated carbocycles. The number of anilines is 1. The summed E-state index contributed by atoms with van der Waals surface area (Å²) in [6, 6.07) is 0.253. The van der Waals surface area contributed by atoms with Crippen LogP contribution in [0.4, 0.5) is 6.01 Å². The molecule has 4 nitrogen and oxygen atoms in total. The summed E-state index contributed by atoms with van der Waals surface area (Å²) in [6.07, 6.45) is 2.89. The minimum absolute atomic E-state index is 0.0538. The fourth-order valence-corrected chi connectivity index (χ4v) is 0.535. The molecule has 1 heterocycles. The molecule has 0 unspecified atom stereocenters. The second kappa shape index (κ2) is 3.18. The van der Waals surface area contributed by atoms with Crippen molar-refractivity contribution in [3.63, 3.8) is 0 Å². The van der Waals surface area contributed by atoms with Gasteiger partial charge in [0, 0.05) is 5.92 Å². The summed E-state index contributed by atoms with van der Waals surface area (Å²) in [6.45, 7) is 3.61. The number of amides is 1. The highest BCUT2D eigenvalue weighted by Crippen LogP contribution is 2.03. The monoisotopic (exact) mass is 154 g/mol. The number of aromatic nitrogens is 1. The Labute approximate surface area is 64.6 Å². The summed E-state index contributed by atoms with van der Waals surface area (Å²) in [7, 11) is 0. The third kappa shape index (κ3) is 2.07. The molecule has 1 N–H and O–H groups in total. The van der Waals surface area contributed by atoms with Crippen LogP contribution in [0.2, 0.25) is 0 Å². The van der Waals surface area contributed by atoms with Crippen LogP contribution in [0.5, 0.6) is 0 Å². The van der Waals surface area contributed by atoms with Crippen molar-refractivity contribution in [2.45, 2.75) is 13.8 Å². The SMILES string of the molecule is CC(C)C(=O)Nc1ncco1. The molecule has 1 aromatic heterocycles. The number of carbonyl (C=O) groups excluding carboxylic acids is 1. The van der Waals surface area contributed by atoms with Crippen LogP contribution in [0, 0.1) is 5.92 Å². The first-order valence-electron chi connectivity index (χ1n) is 3.40. The molecule has 0 aliphatic heterocycles. The summed E-state index contributed by atoms with van der Waals surface area (Å²) in [4.78, 5) is 14.7. The van der Waals surface area contributed by atoms with E-state index in [0.29, 0.717) is 0 Å². The molecule has 0 fully saturated rings. The predicted octanol–water partition coefficient (Wildman–Crippen LogP) is 1.27. The first-order valence-corrected chi connectivity index (χ1v) is 3.40. The van der Waals surface area contributed by atoms with E-state index in [9.17, 15) is 4.79 Å². The van der Waals surface area contributed by atoms with Crippen LogP contribution < -0.4 is 5.32 Å². The number of hydrogen-bond acceptors (Lipinski definition) is 3. The highest BCUT2D eigenvalue weighted by atomic mass is 16.4. The van der Waals surface area contributed by atoms with Crippen molar-refractivity contribution in [3.8, 4) is 0 Å². The molecule has 0 spiro atoms. The lowest BCUT2D eigenvalue weighted by atomic mass is 10.2. The number of nitrogens with one attached hydrogen (secondary N) is 1. The molecule has 0 aliphatic carbocycles. The molecule has 4 heteroatoms. The van der Waals surface area contributed by atoms with Gasteiger partial charge in [-0.2, -0.15) is 0 Å². The fraction of sp³-hybridized carbons (Fsp3) is 0.429. The van der Waals surface area contributed by atoms with E-state index in [-0.39, 0.29) is 17.8 Å². The standard InChI is InChI=1S/C7H10N2O2/c1-5(2)6(10)9-7-8-3-4-11-7/h3-5H,1-2H3,(H,8,9,10). The third-order valence-electron chi connectivity index (χ3n) is 1.19. The first-order chi connectivity index (χ1) is 5.20. The maximum Gasteiger partial charge on any atom is 0.301 e. The van der Waals surface area contributed by atoms with Gasteiger partial charge in [0.2, 0.25) is 5.91 Å². The zero-order valence-corrected chi connectivity index (χ0v) is 6.50. The topological polar surface area (TPSA) is 55.1 Å². The van der Waals surface area contributed by atoms with Gasteiger partial charge in [0.1, 0.15) is 6.26 Å². The largest absolute Gasteiger partial charge is 0.432 e. The van der Waals surface area contributed by atoms with Gasteiger partial charge in [0.05, 0.1) is 6.20 Å². The Morgan fingerprint density at radius 1 is 1.73 bits per heavy atom. The smallest absolute Gasteiger partial charge is 0.301 e. The van der Waals surface area contributed by atoms with Crippen LogP contribution in [-0.2, 0) is 4.79 Å². The number of carbonyl (C=O) groups is 1. The van der Waals surface area contributed by atoms with Gasteiger partial charge in [-0.3, -0.25) is 10.1 Å². The molecule has 0 aromatic carbocycles. The summed E-state index contributed by atoms with van der Waals surface area (Å²) in [5.41, 5.74) is 0. The predicted molar refractivity (Wildman–Crippen MR) is 40.0 cm³/mol. The summed E-state index contributed by atoms with van der Waals surface area (Å²) in [5.74, 6) is -0.144. The van der Waals surface area contributed by atoms with Crippen molar-refractivity contribution in [1.29, 1.82) is 0 Å². The first kappa shape index (κ1) is 7.78. The van der Waals surface area contributed by atoms with Crippen LogP contribution in [-0.4, -0.2) is 10.9 Å². The number of hydrogen-bond donors (Lipinski definition) is 1. The zero-order valence-electron chi connectivity index (χ0n) is 6.50. The minimum atomic E-state index is -0.0903. The van der Waals surface area contributed by atoms with Gasteiger partial charge in [-0.15, -0.1) is 0 Å². The Hall–Kier alpha value is -1.32. The van der Waals surface area contributed by atoms with E-state index in [1.165, 1.54) is 12.5 Å². The number of rotatable bonds is 2. The molecule has 0 saturated heterocycles. The van der Waals surface area contributed by atoms with Crippen LogP contribution in [0.15, 0.2) is 16.9 Å². The van der Waals surface area contributed by atoms with Gasteiger partial charge in [0.25, 0.3) is 0 Å². The lowest BCUT2D eigenvalue weighted by Gasteiger charge is -2.01. The van der Waals surface area contributed by atoms with Crippen molar-refractivity contribution < 1.29 is 9.21 Å². The van der Waals surface area contributed by atoms with Gasteiger partial charge in [0.15, 0.2) is 0 Å². The molecule has 1 aromatic rings. The summed E-state index contributed by atoms with van der Waals surface area (Å²) >= 11 is 0. The molecular formula is C7H10N2O2.